The van der Waals surface area contributed by atoms with Crippen LogP contribution in [0.15, 0.2) is 91.0 Å². The van der Waals surface area contributed by atoms with Gasteiger partial charge in [0.05, 0.1) is 6.16 Å². The molecule has 0 heterocycles. The molecule has 0 aliphatic rings. The lowest BCUT2D eigenvalue weighted by atomic mass is 10.3. The number of rotatable bonds is 8. The van der Waals surface area contributed by atoms with Crippen LogP contribution < -0.4 is 21.2 Å². The van der Waals surface area contributed by atoms with Gasteiger partial charge in [0.1, 0.15) is 23.2 Å². The van der Waals surface area contributed by atoms with Gasteiger partial charge in [-0.25, -0.2) is 0 Å². The first-order chi connectivity index (χ1) is 12.7. The van der Waals surface area contributed by atoms with E-state index in [1.54, 1.807) is 0 Å². The third-order valence-corrected chi connectivity index (χ3v) is 9.34. The molecule has 0 saturated carbocycles. The van der Waals surface area contributed by atoms with Crippen molar-refractivity contribution >= 4 is 23.2 Å². The molecule has 0 aliphatic carbocycles. The van der Waals surface area contributed by atoms with Crippen molar-refractivity contribution < 1.29 is 0 Å². The van der Waals surface area contributed by atoms with Gasteiger partial charge >= 0.3 is 0 Å². The number of benzene rings is 3. The molecular weight excluding hydrogens is 333 g/mol. The Morgan fingerprint density at radius 1 is 0.654 bits per heavy atom. The maximum absolute atomic E-state index is 3.59. The minimum Gasteiger partial charge on any atom is -0.314 e. The number of nitrogens with one attached hydrogen (secondary N) is 1. The molecule has 0 radical (unpaired) electrons. The zero-order valence-corrected chi connectivity index (χ0v) is 16.7. The van der Waals surface area contributed by atoms with Gasteiger partial charge in [-0.05, 0) is 49.4 Å². The zero-order chi connectivity index (χ0) is 18.2. The second-order valence-electron chi connectivity index (χ2n) is 7.00. The van der Waals surface area contributed by atoms with Crippen LogP contribution >= 0.6 is 7.26 Å². The summed E-state index contributed by atoms with van der Waals surface area (Å²) in [5.74, 6) is 0. The van der Waals surface area contributed by atoms with Gasteiger partial charge in [0.2, 0.25) is 0 Å². The molecule has 0 aliphatic heterocycles. The van der Waals surface area contributed by atoms with Gasteiger partial charge in [-0.3, -0.25) is 0 Å². The highest BCUT2D eigenvalue weighted by molar-refractivity contribution is 7.95. The van der Waals surface area contributed by atoms with Crippen molar-refractivity contribution in [3.05, 3.63) is 91.0 Å². The van der Waals surface area contributed by atoms with Crippen LogP contribution in [0.1, 0.15) is 20.3 Å². The molecule has 3 aromatic rings. The third-order valence-electron chi connectivity index (χ3n) is 4.81. The first-order valence-electron chi connectivity index (χ1n) is 9.52. The van der Waals surface area contributed by atoms with Crippen LogP contribution in [-0.4, -0.2) is 18.7 Å². The SMILES string of the molecule is CC(C)NCCC[P+](c1ccccc1)(c1ccccc1)c1ccccc1. The van der Waals surface area contributed by atoms with Crippen molar-refractivity contribution in [2.45, 2.75) is 26.3 Å². The standard InChI is InChI=1S/C24H29NP/c1-21(2)25-19-12-20-26(22-13-6-3-7-14-22,23-15-8-4-9-16-23)24-17-10-5-11-18-24/h3-11,13-18,21,25H,12,19-20H2,1-2H3/q+1. The summed E-state index contributed by atoms with van der Waals surface area (Å²) < 4.78 is 0. The van der Waals surface area contributed by atoms with E-state index in [0.717, 1.165) is 6.54 Å². The average molecular weight is 362 g/mol. The second-order valence-corrected chi connectivity index (χ2v) is 10.6. The van der Waals surface area contributed by atoms with Crippen LogP contribution in [0, 0.1) is 0 Å². The van der Waals surface area contributed by atoms with Crippen molar-refractivity contribution in [2.75, 3.05) is 12.7 Å². The Balaban J connectivity index is 2.09. The highest BCUT2D eigenvalue weighted by Crippen LogP contribution is 2.55. The fourth-order valence-corrected chi connectivity index (χ4v) is 7.93. The molecule has 0 atom stereocenters. The maximum Gasteiger partial charge on any atom is 0.112 e. The Bertz CT molecular complexity index is 672. The topological polar surface area (TPSA) is 12.0 Å². The fourth-order valence-electron chi connectivity index (χ4n) is 3.59. The minimum absolute atomic E-state index is 0.535. The van der Waals surface area contributed by atoms with Gasteiger partial charge in [0.15, 0.2) is 0 Å². The highest BCUT2D eigenvalue weighted by Gasteiger charge is 2.44. The van der Waals surface area contributed by atoms with E-state index < -0.39 is 7.26 Å². The molecule has 2 heteroatoms. The third kappa shape index (κ3) is 4.23. The molecule has 3 aromatic carbocycles. The Morgan fingerprint density at radius 3 is 1.38 bits per heavy atom. The van der Waals surface area contributed by atoms with E-state index in [2.05, 4.69) is 110 Å². The molecule has 0 amide bonds. The molecule has 3 rings (SSSR count). The van der Waals surface area contributed by atoms with E-state index in [4.69, 9.17) is 0 Å². The number of hydrogen-bond donors (Lipinski definition) is 1. The van der Waals surface area contributed by atoms with Gasteiger partial charge in [0, 0.05) is 6.04 Å². The summed E-state index contributed by atoms with van der Waals surface area (Å²) in [4.78, 5) is 0. The summed E-state index contributed by atoms with van der Waals surface area (Å²) in [5, 5.41) is 8.01. The molecule has 0 spiro atoms. The van der Waals surface area contributed by atoms with Crippen LogP contribution in [0.4, 0.5) is 0 Å². The van der Waals surface area contributed by atoms with Crippen molar-refractivity contribution in [1.82, 2.24) is 5.32 Å². The molecule has 1 nitrogen and oxygen atoms in total. The van der Waals surface area contributed by atoms with E-state index in [-0.39, 0.29) is 0 Å². The van der Waals surface area contributed by atoms with E-state index in [9.17, 15) is 0 Å². The quantitative estimate of drug-likeness (QED) is 0.463. The molecular formula is C24H29NP+. The van der Waals surface area contributed by atoms with Crippen LogP contribution in [0.2, 0.25) is 0 Å². The van der Waals surface area contributed by atoms with Gasteiger partial charge in [-0.15, -0.1) is 0 Å². The van der Waals surface area contributed by atoms with Gasteiger partial charge in [0.25, 0.3) is 0 Å². The van der Waals surface area contributed by atoms with Crippen LogP contribution in [0.25, 0.3) is 0 Å². The summed E-state index contributed by atoms with van der Waals surface area (Å²) in [6.45, 7) is 5.49. The monoisotopic (exact) mass is 362 g/mol. The highest BCUT2D eigenvalue weighted by atomic mass is 31.2. The molecule has 0 saturated heterocycles. The summed E-state index contributed by atoms with van der Waals surface area (Å²) >= 11 is 0. The van der Waals surface area contributed by atoms with E-state index in [1.165, 1.54) is 28.5 Å². The predicted octanol–water partition coefficient (Wildman–Crippen LogP) is 4.37. The molecule has 26 heavy (non-hydrogen) atoms. The zero-order valence-electron chi connectivity index (χ0n) is 15.8. The average Bonchev–Trinajstić information content (AvgIpc) is 2.70. The Hall–Kier alpha value is -1.95. The van der Waals surface area contributed by atoms with Gasteiger partial charge in [-0.2, -0.15) is 0 Å². The van der Waals surface area contributed by atoms with E-state index >= 15 is 0 Å². The van der Waals surface area contributed by atoms with Gasteiger partial charge in [-0.1, -0.05) is 68.4 Å². The summed E-state index contributed by atoms with van der Waals surface area (Å²) in [6, 6.07) is 33.9. The Morgan fingerprint density at radius 2 is 1.04 bits per heavy atom. The van der Waals surface area contributed by atoms with Crippen LogP contribution in [-0.2, 0) is 0 Å². The Labute approximate surface area is 158 Å². The van der Waals surface area contributed by atoms with Crippen molar-refractivity contribution in [3.8, 4) is 0 Å². The van der Waals surface area contributed by atoms with E-state index in [0.29, 0.717) is 6.04 Å². The smallest absolute Gasteiger partial charge is 0.112 e. The van der Waals surface area contributed by atoms with Crippen molar-refractivity contribution in [2.24, 2.45) is 0 Å². The van der Waals surface area contributed by atoms with Crippen LogP contribution in [0.5, 0.6) is 0 Å². The molecule has 0 unspecified atom stereocenters. The summed E-state index contributed by atoms with van der Waals surface area (Å²) in [7, 11) is -1.65. The molecule has 1 N–H and O–H groups in total. The normalized spacial score (nSPS) is 11.7. The van der Waals surface area contributed by atoms with Crippen molar-refractivity contribution in [1.29, 1.82) is 0 Å². The molecule has 0 bridgehead atoms. The van der Waals surface area contributed by atoms with Crippen LogP contribution in [0.3, 0.4) is 0 Å². The van der Waals surface area contributed by atoms with Gasteiger partial charge < -0.3 is 5.32 Å². The second kappa shape index (κ2) is 9.12. The fraction of sp³-hybridized carbons (Fsp3) is 0.250. The lowest BCUT2D eigenvalue weighted by molar-refractivity contribution is 0.585. The van der Waals surface area contributed by atoms with Crippen molar-refractivity contribution in [3.63, 3.8) is 0 Å². The lowest BCUT2D eigenvalue weighted by Gasteiger charge is -2.28. The molecule has 0 fully saturated rings. The summed E-state index contributed by atoms with van der Waals surface area (Å²) in [6.07, 6.45) is 2.36. The predicted molar refractivity (Wildman–Crippen MR) is 118 cm³/mol. The summed E-state index contributed by atoms with van der Waals surface area (Å²) in [5.41, 5.74) is 0. The first-order valence-corrected chi connectivity index (χ1v) is 11.5. The maximum atomic E-state index is 3.59. The first kappa shape index (κ1) is 18.8. The number of hydrogen-bond acceptors (Lipinski definition) is 1. The Kier molecular flexibility index (Phi) is 6.61. The minimum atomic E-state index is -1.65. The molecule has 0 aromatic heterocycles. The largest absolute Gasteiger partial charge is 0.314 e. The lowest BCUT2D eigenvalue weighted by Crippen LogP contribution is -2.34. The molecule has 134 valence electrons. The van der Waals surface area contributed by atoms with E-state index in [1.807, 2.05) is 0 Å².